The molecule has 0 radical (unpaired) electrons. The van der Waals surface area contributed by atoms with Crippen molar-refractivity contribution in [3.63, 3.8) is 0 Å². The number of aryl methyl sites for hydroxylation is 2. The molecule has 7 heteroatoms. The van der Waals surface area contributed by atoms with Gasteiger partial charge < -0.3 is 9.30 Å². The van der Waals surface area contributed by atoms with Crippen LogP contribution in [0.3, 0.4) is 0 Å². The first-order valence-corrected chi connectivity index (χ1v) is 6.76. The van der Waals surface area contributed by atoms with Gasteiger partial charge in [0, 0.05) is 24.5 Å². The van der Waals surface area contributed by atoms with Crippen LogP contribution in [0.2, 0.25) is 0 Å². The van der Waals surface area contributed by atoms with E-state index < -0.39 is 5.97 Å². The average molecular weight is 290 g/mol. The molecule has 0 bridgehead atoms. The molecular weight excluding hydrogens is 272 g/mol. The zero-order chi connectivity index (χ0) is 15.4. The van der Waals surface area contributed by atoms with Crippen LogP contribution in [0.1, 0.15) is 28.5 Å². The summed E-state index contributed by atoms with van der Waals surface area (Å²) < 4.78 is 8.24. The predicted molar refractivity (Wildman–Crippen MR) is 76.2 cm³/mol. The second-order valence-corrected chi connectivity index (χ2v) is 4.66. The number of carbonyl (C=O) groups is 1. The van der Waals surface area contributed by atoms with Crippen molar-refractivity contribution in [3.05, 3.63) is 45.6 Å². The summed E-state index contributed by atoms with van der Waals surface area (Å²) in [6.45, 7) is 6.47. The molecule has 0 saturated heterocycles. The van der Waals surface area contributed by atoms with Crippen molar-refractivity contribution in [1.82, 2.24) is 19.6 Å². The van der Waals surface area contributed by atoms with Gasteiger partial charge in [0.25, 0.3) is 5.56 Å². The summed E-state index contributed by atoms with van der Waals surface area (Å²) in [7, 11) is 0. The van der Waals surface area contributed by atoms with Crippen LogP contribution in [0.4, 0.5) is 0 Å². The van der Waals surface area contributed by atoms with Gasteiger partial charge in [-0.15, -0.1) is 5.10 Å². The summed E-state index contributed by atoms with van der Waals surface area (Å²) in [5.41, 5.74) is 1.56. The predicted octanol–water partition coefficient (Wildman–Crippen LogP) is 0.934. The van der Waals surface area contributed by atoms with E-state index in [1.54, 1.807) is 42.4 Å². The lowest BCUT2D eigenvalue weighted by atomic mass is 10.1. The molecule has 0 saturated carbocycles. The molecule has 21 heavy (non-hydrogen) atoms. The van der Waals surface area contributed by atoms with Gasteiger partial charge >= 0.3 is 5.97 Å². The minimum atomic E-state index is -0.401. The Morgan fingerprint density at radius 3 is 2.71 bits per heavy atom. The smallest absolute Gasteiger partial charge is 0.340 e. The van der Waals surface area contributed by atoms with E-state index in [4.69, 9.17) is 4.74 Å². The minimum Gasteiger partial charge on any atom is -0.462 e. The third kappa shape index (κ3) is 3.18. The molecule has 2 heterocycles. The highest BCUT2D eigenvalue weighted by molar-refractivity contribution is 5.92. The van der Waals surface area contributed by atoms with E-state index >= 15 is 0 Å². The molecule has 0 amide bonds. The van der Waals surface area contributed by atoms with Crippen molar-refractivity contribution in [1.29, 1.82) is 0 Å². The van der Waals surface area contributed by atoms with Crippen LogP contribution in [0, 0.1) is 13.8 Å². The average Bonchev–Trinajstić information content (AvgIpc) is 2.91. The van der Waals surface area contributed by atoms with Crippen LogP contribution in [-0.4, -0.2) is 32.1 Å². The van der Waals surface area contributed by atoms with Crippen molar-refractivity contribution in [2.24, 2.45) is 0 Å². The van der Waals surface area contributed by atoms with Gasteiger partial charge in [0.05, 0.1) is 24.9 Å². The van der Waals surface area contributed by atoms with E-state index in [0.29, 0.717) is 36.5 Å². The monoisotopic (exact) mass is 290 g/mol. The zero-order valence-electron chi connectivity index (χ0n) is 12.4. The Hall–Kier alpha value is -2.44. The SMILES string of the molecule is CCOC(=O)c1c(C)cc(=O)n(CCn2ccnn2)c1C. The maximum absolute atomic E-state index is 12.1. The fourth-order valence-electron chi connectivity index (χ4n) is 2.27. The molecule has 2 aromatic rings. The quantitative estimate of drug-likeness (QED) is 0.765. The Bertz CT molecular complexity index is 689. The van der Waals surface area contributed by atoms with Crippen LogP contribution in [-0.2, 0) is 17.8 Å². The lowest BCUT2D eigenvalue weighted by Crippen LogP contribution is -2.27. The van der Waals surface area contributed by atoms with Crippen LogP contribution in [0.25, 0.3) is 0 Å². The summed E-state index contributed by atoms with van der Waals surface area (Å²) in [6, 6.07) is 1.46. The molecule has 0 fully saturated rings. The summed E-state index contributed by atoms with van der Waals surface area (Å²) in [5, 5.41) is 7.57. The van der Waals surface area contributed by atoms with Crippen molar-refractivity contribution in [3.8, 4) is 0 Å². The first-order valence-electron chi connectivity index (χ1n) is 6.76. The maximum Gasteiger partial charge on any atom is 0.340 e. The molecule has 0 spiro atoms. The Morgan fingerprint density at radius 1 is 1.33 bits per heavy atom. The highest BCUT2D eigenvalue weighted by atomic mass is 16.5. The molecule has 0 aliphatic rings. The van der Waals surface area contributed by atoms with Crippen molar-refractivity contribution >= 4 is 5.97 Å². The molecule has 112 valence electrons. The first kappa shape index (κ1) is 15.0. The number of hydrogen-bond donors (Lipinski definition) is 0. The summed E-state index contributed by atoms with van der Waals surface area (Å²) in [5.74, 6) is -0.401. The van der Waals surface area contributed by atoms with Crippen LogP contribution in [0.5, 0.6) is 0 Å². The van der Waals surface area contributed by atoms with Crippen LogP contribution < -0.4 is 5.56 Å². The molecule has 0 aliphatic heterocycles. The summed E-state index contributed by atoms with van der Waals surface area (Å²) in [4.78, 5) is 24.1. The molecule has 0 N–H and O–H groups in total. The van der Waals surface area contributed by atoms with Gasteiger partial charge in [-0.25, -0.2) is 4.79 Å². The van der Waals surface area contributed by atoms with E-state index in [1.807, 2.05) is 0 Å². The fourth-order valence-corrected chi connectivity index (χ4v) is 2.27. The lowest BCUT2D eigenvalue weighted by molar-refractivity contribution is 0.0523. The van der Waals surface area contributed by atoms with Gasteiger partial charge in [-0.1, -0.05) is 5.21 Å². The number of pyridine rings is 1. The van der Waals surface area contributed by atoms with Crippen LogP contribution in [0.15, 0.2) is 23.3 Å². The van der Waals surface area contributed by atoms with Gasteiger partial charge in [-0.05, 0) is 26.3 Å². The highest BCUT2D eigenvalue weighted by Gasteiger charge is 2.17. The number of rotatable bonds is 5. The van der Waals surface area contributed by atoms with Gasteiger partial charge in [0.2, 0.25) is 0 Å². The molecule has 2 rings (SSSR count). The van der Waals surface area contributed by atoms with Gasteiger partial charge in [0.1, 0.15) is 0 Å². The van der Waals surface area contributed by atoms with Crippen molar-refractivity contribution in [2.75, 3.05) is 6.61 Å². The number of carbonyl (C=O) groups excluding carboxylic acids is 1. The summed E-state index contributed by atoms with van der Waals surface area (Å²) in [6.07, 6.45) is 3.30. The Morgan fingerprint density at radius 2 is 2.10 bits per heavy atom. The molecular formula is C14H18N4O3. The third-order valence-electron chi connectivity index (χ3n) is 3.27. The molecule has 0 aliphatic carbocycles. The number of nitrogens with zero attached hydrogens (tertiary/aromatic N) is 4. The molecule has 2 aromatic heterocycles. The molecule has 0 unspecified atom stereocenters. The van der Waals surface area contributed by atoms with E-state index in [9.17, 15) is 9.59 Å². The number of aromatic nitrogens is 4. The third-order valence-corrected chi connectivity index (χ3v) is 3.27. The zero-order valence-corrected chi connectivity index (χ0v) is 12.4. The first-order chi connectivity index (χ1) is 10.0. The van der Waals surface area contributed by atoms with Gasteiger partial charge in [0.15, 0.2) is 0 Å². The number of esters is 1. The normalized spacial score (nSPS) is 10.6. The molecule has 7 nitrogen and oxygen atoms in total. The van der Waals surface area contributed by atoms with Gasteiger partial charge in [-0.3, -0.25) is 9.48 Å². The number of ether oxygens (including phenoxy) is 1. The second-order valence-electron chi connectivity index (χ2n) is 4.66. The Balaban J connectivity index is 2.34. The van der Waals surface area contributed by atoms with Crippen LogP contribution >= 0.6 is 0 Å². The number of hydrogen-bond acceptors (Lipinski definition) is 5. The topological polar surface area (TPSA) is 79.0 Å². The van der Waals surface area contributed by atoms with E-state index in [-0.39, 0.29) is 5.56 Å². The largest absolute Gasteiger partial charge is 0.462 e. The van der Waals surface area contributed by atoms with E-state index in [1.165, 1.54) is 6.07 Å². The summed E-state index contributed by atoms with van der Waals surface area (Å²) >= 11 is 0. The Kier molecular flexibility index (Phi) is 4.52. The Labute approximate surface area is 122 Å². The standard InChI is InChI=1S/C14H18N4O3/c1-4-21-14(20)13-10(2)9-12(19)18(11(13)3)8-7-17-6-5-15-16-17/h5-6,9H,4,7-8H2,1-3H3. The molecule has 0 atom stereocenters. The molecule has 0 aromatic carbocycles. The fraction of sp³-hybridized carbons (Fsp3) is 0.429. The minimum absolute atomic E-state index is 0.141. The second kappa shape index (κ2) is 6.34. The van der Waals surface area contributed by atoms with E-state index in [2.05, 4.69) is 10.3 Å². The maximum atomic E-state index is 12.1. The lowest BCUT2D eigenvalue weighted by Gasteiger charge is -2.15. The van der Waals surface area contributed by atoms with Crippen molar-refractivity contribution < 1.29 is 9.53 Å². The highest BCUT2D eigenvalue weighted by Crippen LogP contribution is 2.13. The van der Waals surface area contributed by atoms with Crippen molar-refractivity contribution in [2.45, 2.75) is 33.9 Å². The van der Waals surface area contributed by atoms with E-state index in [0.717, 1.165) is 0 Å². The van der Waals surface area contributed by atoms with Gasteiger partial charge in [-0.2, -0.15) is 0 Å².